The van der Waals surface area contributed by atoms with Gasteiger partial charge >= 0.3 is 5.69 Å². The van der Waals surface area contributed by atoms with Gasteiger partial charge in [0.05, 0.1) is 6.33 Å². The predicted molar refractivity (Wildman–Crippen MR) is 131 cm³/mol. The van der Waals surface area contributed by atoms with Crippen LogP contribution in [0.25, 0.3) is 11.2 Å². The molecule has 182 valence electrons. The number of carbonyl (C=O) groups is 2. The standard InChI is InChI=1S/C24H32N6O4/c1-5-7-13-28-16-25-21-20(28)23(33)30(24(34)29(21)14-8-6-2)15-19(31)26-18-11-9-17(10-12-18)22(32)27(3)4/h9-12,16H,5-8,13-15H2,1-4H3,(H,26,31). The van der Waals surface area contributed by atoms with E-state index in [0.717, 1.165) is 30.3 Å². The van der Waals surface area contributed by atoms with Gasteiger partial charge in [-0.1, -0.05) is 26.7 Å². The minimum atomic E-state index is -0.547. The molecule has 0 saturated carbocycles. The fourth-order valence-electron chi connectivity index (χ4n) is 3.69. The number of imidazole rings is 1. The summed E-state index contributed by atoms with van der Waals surface area (Å²) in [6, 6.07) is 6.44. The number of rotatable bonds is 10. The van der Waals surface area contributed by atoms with Crippen LogP contribution in [0, 0.1) is 0 Å². The molecule has 3 aromatic rings. The van der Waals surface area contributed by atoms with Crippen molar-refractivity contribution in [3.8, 4) is 0 Å². The number of nitrogens with one attached hydrogen (secondary N) is 1. The fourth-order valence-corrected chi connectivity index (χ4v) is 3.69. The molecule has 34 heavy (non-hydrogen) atoms. The summed E-state index contributed by atoms with van der Waals surface area (Å²) in [5.74, 6) is -0.656. The smallest absolute Gasteiger partial charge is 0.333 e. The molecule has 0 atom stereocenters. The third-order valence-corrected chi connectivity index (χ3v) is 5.59. The number of amides is 2. The van der Waals surface area contributed by atoms with Gasteiger partial charge in [0.15, 0.2) is 11.2 Å². The number of unbranched alkanes of at least 4 members (excludes halogenated alkanes) is 2. The highest BCUT2D eigenvalue weighted by atomic mass is 16.2. The molecule has 1 N–H and O–H groups in total. The SMILES string of the molecule is CCCCn1cnc2c1c(=O)n(CC(=O)Nc1ccc(C(=O)N(C)C)cc1)c(=O)n2CCCC. The summed E-state index contributed by atoms with van der Waals surface area (Å²) < 4.78 is 4.22. The second-order valence-electron chi connectivity index (χ2n) is 8.47. The van der Waals surface area contributed by atoms with Crippen molar-refractivity contribution in [1.82, 2.24) is 23.6 Å². The van der Waals surface area contributed by atoms with Crippen LogP contribution in [0.15, 0.2) is 40.2 Å². The molecule has 0 unspecified atom stereocenters. The zero-order chi connectivity index (χ0) is 24.8. The lowest BCUT2D eigenvalue weighted by Gasteiger charge is -2.13. The summed E-state index contributed by atoms with van der Waals surface area (Å²) in [6.45, 7) is 4.68. The van der Waals surface area contributed by atoms with Gasteiger partial charge in [0.25, 0.3) is 11.5 Å². The Morgan fingerprint density at radius 2 is 1.62 bits per heavy atom. The number of aryl methyl sites for hydroxylation is 2. The summed E-state index contributed by atoms with van der Waals surface area (Å²) in [4.78, 5) is 57.0. The number of fused-ring (bicyclic) bond motifs is 1. The Bertz CT molecular complexity index is 1280. The van der Waals surface area contributed by atoms with E-state index in [-0.39, 0.29) is 5.91 Å². The van der Waals surface area contributed by atoms with Crippen molar-refractivity contribution in [2.45, 2.75) is 59.2 Å². The number of benzene rings is 1. The molecule has 10 heteroatoms. The number of anilines is 1. The van der Waals surface area contributed by atoms with Crippen LogP contribution in [-0.2, 0) is 24.4 Å². The van der Waals surface area contributed by atoms with Gasteiger partial charge in [-0.2, -0.15) is 0 Å². The molecule has 0 spiro atoms. The molecule has 3 rings (SSSR count). The van der Waals surface area contributed by atoms with Gasteiger partial charge in [0, 0.05) is 38.4 Å². The minimum Gasteiger partial charge on any atom is -0.345 e. The van der Waals surface area contributed by atoms with E-state index >= 15 is 0 Å². The quantitative estimate of drug-likeness (QED) is 0.491. The van der Waals surface area contributed by atoms with E-state index in [1.807, 2.05) is 6.92 Å². The lowest BCUT2D eigenvalue weighted by atomic mass is 10.2. The molecule has 1 aromatic carbocycles. The van der Waals surface area contributed by atoms with Crippen molar-refractivity contribution >= 4 is 28.7 Å². The Morgan fingerprint density at radius 1 is 0.971 bits per heavy atom. The maximum absolute atomic E-state index is 13.3. The molecule has 0 aliphatic rings. The third-order valence-electron chi connectivity index (χ3n) is 5.59. The van der Waals surface area contributed by atoms with E-state index in [0.29, 0.717) is 35.5 Å². The van der Waals surface area contributed by atoms with Gasteiger partial charge in [0.1, 0.15) is 6.54 Å². The zero-order valence-corrected chi connectivity index (χ0v) is 20.2. The van der Waals surface area contributed by atoms with Crippen LogP contribution in [0.5, 0.6) is 0 Å². The maximum atomic E-state index is 13.3. The van der Waals surface area contributed by atoms with E-state index < -0.39 is 23.7 Å². The van der Waals surface area contributed by atoms with Crippen LogP contribution >= 0.6 is 0 Å². The van der Waals surface area contributed by atoms with E-state index in [2.05, 4.69) is 17.2 Å². The van der Waals surface area contributed by atoms with Crippen LogP contribution in [0.4, 0.5) is 5.69 Å². The van der Waals surface area contributed by atoms with Gasteiger partial charge in [-0.3, -0.25) is 19.0 Å². The summed E-state index contributed by atoms with van der Waals surface area (Å²) in [6.07, 6.45) is 5.02. The van der Waals surface area contributed by atoms with Crippen molar-refractivity contribution in [1.29, 1.82) is 0 Å². The van der Waals surface area contributed by atoms with Crippen LogP contribution in [0.2, 0.25) is 0 Å². The van der Waals surface area contributed by atoms with Gasteiger partial charge in [-0.25, -0.2) is 14.3 Å². The first-order chi connectivity index (χ1) is 16.3. The number of carbonyl (C=O) groups excluding carboxylic acids is 2. The minimum absolute atomic E-state index is 0.148. The number of nitrogens with zero attached hydrogens (tertiary/aromatic N) is 5. The average molecular weight is 469 g/mol. The first-order valence-electron chi connectivity index (χ1n) is 11.6. The van der Waals surface area contributed by atoms with Crippen molar-refractivity contribution in [3.63, 3.8) is 0 Å². The molecular formula is C24H32N6O4. The average Bonchev–Trinajstić information content (AvgIpc) is 3.24. The molecule has 0 radical (unpaired) electrons. The molecule has 0 fully saturated rings. The largest absolute Gasteiger partial charge is 0.345 e. The van der Waals surface area contributed by atoms with Crippen LogP contribution in [0.1, 0.15) is 49.9 Å². The Labute approximate surface area is 197 Å². The summed E-state index contributed by atoms with van der Waals surface area (Å²) >= 11 is 0. The number of aromatic nitrogens is 4. The normalized spacial score (nSPS) is 11.1. The van der Waals surface area contributed by atoms with Crippen molar-refractivity contribution in [2.75, 3.05) is 19.4 Å². The highest BCUT2D eigenvalue weighted by Gasteiger charge is 2.19. The monoisotopic (exact) mass is 468 g/mol. The lowest BCUT2D eigenvalue weighted by molar-refractivity contribution is -0.116. The second-order valence-corrected chi connectivity index (χ2v) is 8.47. The Kier molecular flexibility index (Phi) is 8.04. The van der Waals surface area contributed by atoms with E-state index in [9.17, 15) is 19.2 Å². The lowest BCUT2D eigenvalue weighted by Crippen LogP contribution is -2.43. The summed E-state index contributed by atoms with van der Waals surface area (Å²) in [5, 5.41) is 2.70. The molecule has 10 nitrogen and oxygen atoms in total. The van der Waals surface area contributed by atoms with Crippen molar-refractivity contribution in [3.05, 3.63) is 57.0 Å². The molecule has 0 bridgehead atoms. The molecule has 0 aliphatic heterocycles. The first-order valence-corrected chi connectivity index (χ1v) is 11.6. The number of hydrogen-bond donors (Lipinski definition) is 1. The topological polar surface area (TPSA) is 111 Å². The third kappa shape index (κ3) is 5.27. The van der Waals surface area contributed by atoms with Gasteiger partial charge < -0.3 is 14.8 Å². The van der Waals surface area contributed by atoms with Gasteiger partial charge in [-0.05, 0) is 37.1 Å². The molecule has 2 heterocycles. The Morgan fingerprint density at radius 3 is 2.24 bits per heavy atom. The van der Waals surface area contributed by atoms with Crippen LogP contribution in [-0.4, -0.2) is 49.5 Å². The Balaban J connectivity index is 1.92. The Hall–Kier alpha value is -3.69. The molecule has 2 amide bonds. The number of hydrogen-bond acceptors (Lipinski definition) is 5. The predicted octanol–water partition coefficient (Wildman–Crippen LogP) is 2.30. The second kappa shape index (κ2) is 11.0. The highest BCUT2D eigenvalue weighted by Crippen LogP contribution is 2.12. The zero-order valence-electron chi connectivity index (χ0n) is 20.2. The summed E-state index contributed by atoms with van der Waals surface area (Å²) in [7, 11) is 3.32. The van der Waals surface area contributed by atoms with E-state index in [1.165, 1.54) is 9.47 Å². The van der Waals surface area contributed by atoms with Gasteiger partial charge in [0.2, 0.25) is 5.91 Å². The van der Waals surface area contributed by atoms with Crippen molar-refractivity contribution < 1.29 is 9.59 Å². The fraction of sp³-hybridized carbons (Fsp3) is 0.458. The van der Waals surface area contributed by atoms with Crippen LogP contribution in [0.3, 0.4) is 0 Å². The van der Waals surface area contributed by atoms with Crippen LogP contribution < -0.4 is 16.6 Å². The molecule has 0 saturated heterocycles. The molecule has 2 aromatic heterocycles. The van der Waals surface area contributed by atoms with Gasteiger partial charge in [-0.15, -0.1) is 0 Å². The maximum Gasteiger partial charge on any atom is 0.333 e. The summed E-state index contributed by atoms with van der Waals surface area (Å²) in [5.41, 5.74) is 0.579. The molecule has 0 aliphatic carbocycles. The van der Waals surface area contributed by atoms with Crippen molar-refractivity contribution in [2.24, 2.45) is 0 Å². The molecular weight excluding hydrogens is 436 g/mol. The van der Waals surface area contributed by atoms with E-state index in [1.54, 1.807) is 49.3 Å². The van der Waals surface area contributed by atoms with E-state index in [4.69, 9.17) is 0 Å². The highest BCUT2D eigenvalue weighted by molar-refractivity contribution is 5.95. The first kappa shape index (κ1) is 24.9.